The van der Waals surface area contributed by atoms with Crippen LogP contribution in [-0.2, 0) is 9.59 Å². The summed E-state index contributed by atoms with van der Waals surface area (Å²) in [4.78, 5) is 21.4. The van der Waals surface area contributed by atoms with Gasteiger partial charge < -0.3 is 10.2 Å². The predicted octanol–water partition coefficient (Wildman–Crippen LogP) is 12.4. The van der Waals surface area contributed by atoms with Crippen LogP contribution in [0, 0.1) is 23.7 Å². The lowest BCUT2D eigenvalue weighted by Gasteiger charge is -2.44. The number of rotatable bonds is 30. The summed E-state index contributed by atoms with van der Waals surface area (Å²) >= 11 is 0. The summed E-state index contributed by atoms with van der Waals surface area (Å²) in [6, 6.07) is 0. The van der Waals surface area contributed by atoms with Crippen molar-refractivity contribution in [3.05, 3.63) is 0 Å². The van der Waals surface area contributed by atoms with E-state index in [1.54, 1.807) is 0 Å². The summed E-state index contributed by atoms with van der Waals surface area (Å²) in [5.41, 5.74) is 0. The van der Waals surface area contributed by atoms with Crippen molar-refractivity contribution in [1.82, 2.24) is 0 Å². The van der Waals surface area contributed by atoms with Crippen molar-refractivity contribution in [3.63, 3.8) is 0 Å². The maximum absolute atomic E-state index is 10.7. The summed E-state index contributed by atoms with van der Waals surface area (Å²) in [6.45, 7) is 4.66. The quantitative estimate of drug-likeness (QED) is 0.0813. The molecule has 4 atom stereocenters. The van der Waals surface area contributed by atoms with E-state index in [0.717, 1.165) is 49.4 Å². The van der Waals surface area contributed by atoms with E-state index < -0.39 is 11.9 Å². The molecule has 0 radical (unpaired) electrons. The van der Waals surface area contributed by atoms with Gasteiger partial charge in [-0.15, -0.1) is 0 Å². The molecule has 4 nitrogen and oxygen atoms in total. The van der Waals surface area contributed by atoms with Gasteiger partial charge in [-0.05, 0) is 62.2 Å². The second-order valence-electron chi connectivity index (χ2n) is 13.9. The topological polar surface area (TPSA) is 74.6 Å². The molecule has 0 aromatic rings. The lowest BCUT2D eigenvalue weighted by Crippen LogP contribution is -2.35. The second kappa shape index (κ2) is 27.5. The fourth-order valence-corrected chi connectivity index (χ4v) is 7.92. The smallest absolute Gasteiger partial charge is 0.303 e. The first-order valence-electron chi connectivity index (χ1n) is 18.9. The van der Waals surface area contributed by atoms with Gasteiger partial charge in [0.15, 0.2) is 0 Å². The van der Waals surface area contributed by atoms with Gasteiger partial charge in [0.2, 0.25) is 0 Å². The number of carbonyl (C=O) groups is 2. The zero-order valence-corrected chi connectivity index (χ0v) is 28.2. The Balaban J connectivity index is 2.61. The van der Waals surface area contributed by atoms with E-state index in [9.17, 15) is 9.59 Å². The molecule has 1 aliphatic rings. The SMILES string of the molecule is CCCCCCCC1C(CCCCC)CCC(CCCCCCCCCC(=O)O)C1CCCCCCCCCC(=O)O. The van der Waals surface area contributed by atoms with E-state index >= 15 is 0 Å². The predicted molar refractivity (Wildman–Crippen MR) is 179 cm³/mol. The van der Waals surface area contributed by atoms with Crippen molar-refractivity contribution in [2.45, 2.75) is 206 Å². The molecule has 0 spiro atoms. The Morgan fingerprint density at radius 1 is 0.429 bits per heavy atom. The molecule has 1 aliphatic carbocycles. The number of carboxylic acids is 2. The molecule has 1 fully saturated rings. The largest absolute Gasteiger partial charge is 0.481 e. The van der Waals surface area contributed by atoms with Crippen LogP contribution < -0.4 is 0 Å². The third-order valence-corrected chi connectivity index (χ3v) is 10.4. The third kappa shape index (κ3) is 20.8. The van der Waals surface area contributed by atoms with Crippen LogP contribution in [0.15, 0.2) is 0 Å². The minimum Gasteiger partial charge on any atom is -0.481 e. The third-order valence-electron chi connectivity index (χ3n) is 10.4. The molecular formula is C38H72O4. The lowest BCUT2D eigenvalue weighted by atomic mass is 9.61. The van der Waals surface area contributed by atoms with Crippen LogP contribution >= 0.6 is 0 Å². The van der Waals surface area contributed by atoms with Crippen molar-refractivity contribution in [1.29, 1.82) is 0 Å². The minimum atomic E-state index is -0.656. The van der Waals surface area contributed by atoms with Gasteiger partial charge in [0.05, 0.1) is 0 Å². The minimum absolute atomic E-state index is 0.328. The van der Waals surface area contributed by atoms with Crippen molar-refractivity contribution in [2.24, 2.45) is 23.7 Å². The highest BCUT2D eigenvalue weighted by Crippen LogP contribution is 2.47. The molecule has 2 N–H and O–H groups in total. The number of carboxylic acid groups (broad SMARTS) is 2. The Bertz CT molecular complexity index is 633. The van der Waals surface area contributed by atoms with Gasteiger partial charge in [-0.2, -0.15) is 0 Å². The van der Waals surface area contributed by atoms with E-state index in [1.807, 2.05) is 0 Å². The van der Waals surface area contributed by atoms with Crippen molar-refractivity contribution < 1.29 is 19.8 Å². The zero-order valence-electron chi connectivity index (χ0n) is 28.2. The van der Waals surface area contributed by atoms with E-state index in [1.165, 1.54) is 154 Å². The highest BCUT2D eigenvalue weighted by atomic mass is 16.4. The molecule has 0 aliphatic heterocycles. The molecule has 0 bridgehead atoms. The van der Waals surface area contributed by atoms with Gasteiger partial charge in [0.25, 0.3) is 0 Å². The number of hydrogen-bond acceptors (Lipinski definition) is 2. The van der Waals surface area contributed by atoms with Crippen LogP contribution in [0.1, 0.15) is 206 Å². The van der Waals surface area contributed by atoms with Crippen LogP contribution in [0.2, 0.25) is 0 Å². The fourth-order valence-electron chi connectivity index (χ4n) is 7.92. The van der Waals surface area contributed by atoms with Crippen molar-refractivity contribution in [2.75, 3.05) is 0 Å². The molecule has 248 valence electrons. The summed E-state index contributed by atoms with van der Waals surface area (Å²) < 4.78 is 0. The average Bonchev–Trinajstić information content (AvgIpc) is 2.96. The fraction of sp³-hybridized carbons (Fsp3) is 0.947. The van der Waals surface area contributed by atoms with Gasteiger partial charge in [-0.25, -0.2) is 0 Å². The Labute approximate surface area is 261 Å². The molecule has 1 saturated carbocycles. The first-order chi connectivity index (χ1) is 20.5. The first kappa shape index (κ1) is 39.0. The van der Waals surface area contributed by atoms with Gasteiger partial charge in [-0.3, -0.25) is 9.59 Å². The van der Waals surface area contributed by atoms with E-state index in [0.29, 0.717) is 12.8 Å². The van der Waals surface area contributed by atoms with Crippen LogP contribution in [0.5, 0.6) is 0 Å². The Hall–Kier alpha value is -1.06. The van der Waals surface area contributed by atoms with Crippen LogP contribution in [0.3, 0.4) is 0 Å². The second-order valence-corrected chi connectivity index (χ2v) is 13.9. The Morgan fingerprint density at radius 3 is 1.10 bits per heavy atom. The van der Waals surface area contributed by atoms with Crippen LogP contribution in [0.25, 0.3) is 0 Å². The first-order valence-corrected chi connectivity index (χ1v) is 18.9. The number of unbranched alkanes of at least 4 members (excludes halogenated alkanes) is 18. The monoisotopic (exact) mass is 593 g/mol. The van der Waals surface area contributed by atoms with Crippen LogP contribution in [0.4, 0.5) is 0 Å². The maximum atomic E-state index is 10.7. The van der Waals surface area contributed by atoms with Gasteiger partial charge in [-0.1, -0.05) is 155 Å². The van der Waals surface area contributed by atoms with E-state index in [-0.39, 0.29) is 0 Å². The normalized spacial score (nSPS) is 20.6. The highest BCUT2D eigenvalue weighted by molar-refractivity contribution is 5.66. The van der Waals surface area contributed by atoms with Crippen molar-refractivity contribution in [3.8, 4) is 0 Å². The van der Waals surface area contributed by atoms with Crippen LogP contribution in [-0.4, -0.2) is 22.2 Å². The lowest BCUT2D eigenvalue weighted by molar-refractivity contribution is -0.138. The Morgan fingerprint density at radius 2 is 0.714 bits per heavy atom. The molecule has 0 aromatic heterocycles. The molecule has 42 heavy (non-hydrogen) atoms. The molecule has 0 heterocycles. The number of hydrogen-bond donors (Lipinski definition) is 2. The molecule has 0 amide bonds. The Kier molecular flexibility index (Phi) is 25.5. The highest BCUT2D eigenvalue weighted by Gasteiger charge is 2.37. The van der Waals surface area contributed by atoms with E-state index in [4.69, 9.17) is 10.2 Å². The molecule has 4 heteroatoms. The van der Waals surface area contributed by atoms with Gasteiger partial charge in [0, 0.05) is 12.8 Å². The molecule has 0 saturated heterocycles. The standard InChI is InChI=1S/C38H72O4/c1-3-5-7-14-21-27-35-33(25-19-6-4-2)31-32-34(26-20-15-10-8-12-17-23-29-37(39)40)36(35)28-22-16-11-9-13-18-24-30-38(41)42/h33-36H,3-32H2,1-2H3,(H,39,40)(H,41,42). The molecule has 1 rings (SSSR count). The molecular weight excluding hydrogens is 520 g/mol. The zero-order chi connectivity index (χ0) is 30.7. The average molecular weight is 593 g/mol. The molecule has 4 unspecified atom stereocenters. The van der Waals surface area contributed by atoms with E-state index in [2.05, 4.69) is 13.8 Å². The maximum Gasteiger partial charge on any atom is 0.303 e. The van der Waals surface area contributed by atoms with Crippen molar-refractivity contribution >= 4 is 11.9 Å². The number of aliphatic carboxylic acids is 2. The summed E-state index contributed by atoms with van der Waals surface area (Å²) in [5, 5.41) is 17.7. The van der Waals surface area contributed by atoms with Gasteiger partial charge >= 0.3 is 11.9 Å². The summed E-state index contributed by atoms with van der Waals surface area (Å²) in [5.74, 6) is 2.47. The summed E-state index contributed by atoms with van der Waals surface area (Å²) in [7, 11) is 0. The molecule has 0 aromatic carbocycles. The van der Waals surface area contributed by atoms with Gasteiger partial charge in [0.1, 0.15) is 0 Å². The summed E-state index contributed by atoms with van der Waals surface area (Å²) in [6.07, 6.45) is 37.4.